The fourth-order valence-electron chi connectivity index (χ4n) is 3.38. The van der Waals surface area contributed by atoms with Gasteiger partial charge in [0.05, 0.1) is 34.2 Å². The van der Waals surface area contributed by atoms with Crippen LogP contribution in [0.1, 0.15) is 31.8 Å². The standard InChI is InChI=1S/C22H12ClF4N3O4/c23-14-3-1-2-13(22(25,26)27)17(14)20(32)30-16-6-10(9-31)8-28-19(16)18(29-30)12-5-4-11(21(33)34)7-15(12)24/h1-8,31H,9H2,(H,33,34)/p-1. The van der Waals surface area contributed by atoms with E-state index in [1.807, 2.05) is 0 Å². The number of carbonyl (C=O) groups excluding carboxylic acids is 2. The van der Waals surface area contributed by atoms with E-state index < -0.39 is 52.2 Å². The van der Waals surface area contributed by atoms with Crippen LogP contribution in [-0.2, 0) is 12.8 Å². The molecule has 0 bridgehead atoms. The number of aliphatic hydroxyl groups is 1. The molecule has 7 nitrogen and oxygen atoms in total. The molecule has 0 aliphatic rings. The fraction of sp³-hybridized carbons (Fsp3) is 0.0909. The number of aromatic nitrogens is 3. The molecule has 34 heavy (non-hydrogen) atoms. The molecule has 4 aromatic rings. The van der Waals surface area contributed by atoms with Crippen molar-refractivity contribution in [3.63, 3.8) is 0 Å². The first-order chi connectivity index (χ1) is 16.0. The Morgan fingerprint density at radius 3 is 2.50 bits per heavy atom. The molecule has 0 aliphatic carbocycles. The van der Waals surface area contributed by atoms with Crippen molar-refractivity contribution in [3.8, 4) is 11.3 Å². The van der Waals surface area contributed by atoms with Crippen molar-refractivity contribution in [1.82, 2.24) is 14.8 Å². The van der Waals surface area contributed by atoms with E-state index in [-0.39, 0.29) is 27.9 Å². The summed E-state index contributed by atoms with van der Waals surface area (Å²) in [5, 5.41) is 24.0. The number of nitrogens with zero attached hydrogens (tertiary/aromatic N) is 3. The van der Waals surface area contributed by atoms with Crippen LogP contribution < -0.4 is 5.11 Å². The molecule has 2 aromatic carbocycles. The summed E-state index contributed by atoms with van der Waals surface area (Å²) in [5.41, 5.74) is -3.13. The second kappa shape index (κ2) is 8.50. The van der Waals surface area contributed by atoms with Gasteiger partial charge in [-0.3, -0.25) is 9.78 Å². The number of alkyl halides is 3. The maximum absolute atomic E-state index is 14.7. The number of fused-ring (bicyclic) bond motifs is 1. The van der Waals surface area contributed by atoms with Crippen LogP contribution in [0.25, 0.3) is 22.3 Å². The number of rotatable bonds is 4. The summed E-state index contributed by atoms with van der Waals surface area (Å²) < 4.78 is 56.0. The van der Waals surface area contributed by atoms with Gasteiger partial charge in [0.25, 0.3) is 5.91 Å². The van der Waals surface area contributed by atoms with E-state index in [4.69, 9.17) is 11.6 Å². The fourth-order valence-corrected chi connectivity index (χ4v) is 3.64. The average Bonchev–Trinajstić information content (AvgIpc) is 3.16. The monoisotopic (exact) mass is 492 g/mol. The summed E-state index contributed by atoms with van der Waals surface area (Å²) in [7, 11) is 0. The number of halogens is 5. The minimum Gasteiger partial charge on any atom is -0.545 e. The second-order valence-electron chi connectivity index (χ2n) is 7.08. The Kier molecular flexibility index (Phi) is 5.84. The van der Waals surface area contributed by atoms with Gasteiger partial charge in [-0.15, -0.1) is 0 Å². The molecule has 0 aliphatic heterocycles. The number of pyridine rings is 1. The summed E-state index contributed by atoms with van der Waals surface area (Å²) in [4.78, 5) is 28.3. The summed E-state index contributed by atoms with van der Waals surface area (Å²) in [6.07, 6.45) is -3.70. The number of aromatic carboxylic acids is 1. The molecule has 12 heteroatoms. The lowest BCUT2D eigenvalue weighted by Gasteiger charge is -2.13. The number of hydrogen-bond donors (Lipinski definition) is 1. The molecule has 2 aromatic heterocycles. The van der Waals surface area contributed by atoms with E-state index in [2.05, 4.69) is 10.1 Å². The van der Waals surface area contributed by atoms with Crippen LogP contribution in [0.3, 0.4) is 0 Å². The smallest absolute Gasteiger partial charge is 0.417 e. The number of carbonyl (C=O) groups is 2. The van der Waals surface area contributed by atoms with Gasteiger partial charge in [-0.05, 0) is 35.9 Å². The molecule has 0 radical (unpaired) electrons. The molecule has 4 rings (SSSR count). The zero-order chi connectivity index (χ0) is 24.8. The van der Waals surface area contributed by atoms with Crippen molar-refractivity contribution in [1.29, 1.82) is 0 Å². The third-order valence-corrected chi connectivity index (χ3v) is 5.26. The first kappa shape index (κ1) is 23.3. The Balaban J connectivity index is 1.99. The molecule has 0 saturated heterocycles. The van der Waals surface area contributed by atoms with E-state index in [0.29, 0.717) is 16.8 Å². The largest absolute Gasteiger partial charge is 0.545 e. The molecule has 174 valence electrons. The zero-order valence-electron chi connectivity index (χ0n) is 16.7. The van der Waals surface area contributed by atoms with E-state index in [9.17, 15) is 37.4 Å². The number of carboxylic acid groups (broad SMARTS) is 1. The summed E-state index contributed by atoms with van der Waals surface area (Å²) in [6.45, 7) is -0.508. The quantitative estimate of drug-likeness (QED) is 0.437. The Hall–Kier alpha value is -3.83. The summed E-state index contributed by atoms with van der Waals surface area (Å²) in [6, 6.07) is 6.86. The van der Waals surface area contributed by atoms with Crippen molar-refractivity contribution >= 4 is 34.5 Å². The lowest BCUT2D eigenvalue weighted by atomic mass is 10.1. The molecule has 0 amide bonds. The van der Waals surface area contributed by atoms with Crippen molar-refractivity contribution < 1.29 is 37.4 Å². The van der Waals surface area contributed by atoms with Gasteiger partial charge in [0.1, 0.15) is 17.0 Å². The molecular formula is C22H11ClF4N3O4-. The second-order valence-corrected chi connectivity index (χ2v) is 7.48. The Bertz CT molecular complexity index is 1470. The van der Waals surface area contributed by atoms with Gasteiger partial charge in [-0.25, -0.2) is 4.39 Å². The molecule has 0 fully saturated rings. The SMILES string of the molecule is O=C([O-])c1ccc(-c2nn(C(=O)c3c(Cl)cccc3C(F)(F)F)c3cc(CO)cnc23)c(F)c1. The molecule has 0 spiro atoms. The van der Waals surface area contributed by atoms with Crippen LogP contribution in [0.4, 0.5) is 17.6 Å². The minimum atomic E-state index is -4.91. The number of carboxylic acids is 1. The lowest BCUT2D eigenvalue weighted by Crippen LogP contribution is -2.22. The van der Waals surface area contributed by atoms with Crippen LogP contribution in [-0.4, -0.2) is 31.7 Å². The predicted octanol–water partition coefficient (Wildman–Crippen LogP) is 3.45. The van der Waals surface area contributed by atoms with Gasteiger partial charge in [0.15, 0.2) is 0 Å². The van der Waals surface area contributed by atoms with Crippen LogP contribution in [0, 0.1) is 5.82 Å². The maximum atomic E-state index is 14.7. The van der Waals surface area contributed by atoms with E-state index in [1.54, 1.807) is 0 Å². The maximum Gasteiger partial charge on any atom is 0.417 e. The first-order valence-corrected chi connectivity index (χ1v) is 9.81. The zero-order valence-corrected chi connectivity index (χ0v) is 17.5. The summed E-state index contributed by atoms with van der Waals surface area (Å²) in [5.74, 6) is -3.93. The highest BCUT2D eigenvalue weighted by atomic mass is 35.5. The number of benzene rings is 2. The Morgan fingerprint density at radius 1 is 1.15 bits per heavy atom. The molecule has 0 atom stereocenters. The van der Waals surface area contributed by atoms with Crippen molar-refractivity contribution in [2.24, 2.45) is 0 Å². The third kappa shape index (κ3) is 3.99. The summed E-state index contributed by atoms with van der Waals surface area (Å²) >= 11 is 5.95. The minimum absolute atomic E-state index is 0.0775. The van der Waals surface area contributed by atoms with Gasteiger partial charge in [-0.1, -0.05) is 23.7 Å². The van der Waals surface area contributed by atoms with Crippen LogP contribution in [0.2, 0.25) is 5.02 Å². The molecule has 2 heterocycles. The third-order valence-electron chi connectivity index (χ3n) is 4.94. The highest BCUT2D eigenvalue weighted by Gasteiger charge is 2.37. The average molecular weight is 493 g/mol. The van der Waals surface area contributed by atoms with Gasteiger partial charge in [-0.2, -0.15) is 23.0 Å². The van der Waals surface area contributed by atoms with E-state index >= 15 is 0 Å². The normalized spacial score (nSPS) is 11.7. The van der Waals surface area contributed by atoms with E-state index in [0.717, 1.165) is 24.3 Å². The van der Waals surface area contributed by atoms with Gasteiger partial charge >= 0.3 is 6.18 Å². The molecule has 1 N–H and O–H groups in total. The van der Waals surface area contributed by atoms with Crippen molar-refractivity contribution in [2.45, 2.75) is 12.8 Å². The van der Waals surface area contributed by atoms with E-state index in [1.165, 1.54) is 12.3 Å². The highest BCUT2D eigenvalue weighted by molar-refractivity contribution is 6.34. The highest BCUT2D eigenvalue weighted by Crippen LogP contribution is 2.37. The van der Waals surface area contributed by atoms with Gasteiger partial charge in [0.2, 0.25) is 0 Å². The Morgan fingerprint density at radius 2 is 1.88 bits per heavy atom. The topological polar surface area (TPSA) is 108 Å². The van der Waals surface area contributed by atoms with Crippen LogP contribution in [0.5, 0.6) is 0 Å². The van der Waals surface area contributed by atoms with Crippen LogP contribution >= 0.6 is 11.6 Å². The molecule has 0 saturated carbocycles. The first-order valence-electron chi connectivity index (χ1n) is 9.43. The lowest BCUT2D eigenvalue weighted by molar-refractivity contribution is -0.255. The Labute approximate surface area is 192 Å². The molecular weight excluding hydrogens is 482 g/mol. The number of hydrogen-bond acceptors (Lipinski definition) is 6. The number of aliphatic hydroxyl groups excluding tert-OH is 1. The van der Waals surface area contributed by atoms with Crippen molar-refractivity contribution in [2.75, 3.05) is 0 Å². The van der Waals surface area contributed by atoms with Gasteiger partial charge in [0, 0.05) is 17.3 Å². The predicted molar refractivity (Wildman–Crippen MR) is 109 cm³/mol. The van der Waals surface area contributed by atoms with Crippen molar-refractivity contribution in [3.05, 3.63) is 81.8 Å². The molecule has 0 unspecified atom stereocenters. The van der Waals surface area contributed by atoms with Gasteiger partial charge < -0.3 is 15.0 Å². The van der Waals surface area contributed by atoms with Crippen LogP contribution in [0.15, 0.2) is 48.7 Å².